The molecule has 0 aliphatic heterocycles. The first-order chi connectivity index (χ1) is 8.96. The molecule has 1 saturated carbocycles. The highest BCUT2D eigenvalue weighted by Crippen LogP contribution is 2.34. The van der Waals surface area contributed by atoms with Crippen molar-refractivity contribution in [1.82, 2.24) is 15.1 Å². The van der Waals surface area contributed by atoms with Crippen molar-refractivity contribution in [2.24, 2.45) is 5.41 Å². The van der Waals surface area contributed by atoms with Crippen LogP contribution >= 0.6 is 0 Å². The quantitative estimate of drug-likeness (QED) is 0.825. The van der Waals surface area contributed by atoms with Crippen LogP contribution < -0.4 is 5.32 Å². The minimum atomic E-state index is 0.533. The molecule has 19 heavy (non-hydrogen) atoms. The summed E-state index contributed by atoms with van der Waals surface area (Å²) in [4.78, 5) is 0. The number of hydrogen-bond donors (Lipinski definition) is 1. The third kappa shape index (κ3) is 4.34. The van der Waals surface area contributed by atoms with Crippen molar-refractivity contribution in [2.75, 3.05) is 6.54 Å². The van der Waals surface area contributed by atoms with Crippen LogP contribution in [0.1, 0.15) is 57.3 Å². The highest BCUT2D eigenvalue weighted by molar-refractivity contribution is 5.06. The Morgan fingerprint density at radius 3 is 2.84 bits per heavy atom. The lowest BCUT2D eigenvalue weighted by molar-refractivity contribution is 0.198. The summed E-state index contributed by atoms with van der Waals surface area (Å²) in [6, 6.07) is 2.88. The molecule has 1 N–H and O–H groups in total. The van der Waals surface area contributed by atoms with Gasteiger partial charge in [-0.3, -0.25) is 4.68 Å². The maximum Gasteiger partial charge on any atom is 0.0596 e. The average molecular weight is 263 g/mol. The standard InChI is InChI=1S/C16H29N3/c1-13-11-14(2)19(18-13)10-6-9-17-15-7-5-8-16(3,4)12-15/h11,15,17H,5-10,12H2,1-4H3. The van der Waals surface area contributed by atoms with Crippen LogP contribution in [0, 0.1) is 19.3 Å². The Hall–Kier alpha value is -0.830. The number of aromatic nitrogens is 2. The van der Waals surface area contributed by atoms with Gasteiger partial charge in [-0.15, -0.1) is 0 Å². The van der Waals surface area contributed by atoms with Crippen molar-refractivity contribution in [1.29, 1.82) is 0 Å². The second-order valence-corrected chi connectivity index (χ2v) is 6.92. The highest BCUT2D eigenvalue weighted by Gasteiger charge is 2.27. The van der Waals surface area contributed by atoms with Crippen LogP contribution in [0.5, 0.6) is 0 Å². The maximum atomic E-state index is 4.51. The summed E-state index contributed by atoms with van der Waals surface area (Å²) in [5.74, 6) is 0. The zero-order chi connectivity index (χ0) is 13.9. The molecule has 2 rings (SSSR count). The lowest BCUT2D eigenvalue weighted by Gasteiger charge is -2.35. The molecule has 0 bridgehead atoms. The van der Waals surface area contributed by atoms with Crippen molar-refractivity contribution in [3.8, 4) is 0 Å². The fourth-order valence-corrected chi connectivity index (χ4v) is 3.31. The van der Waals surface area contributed by atoms with E-state index in [1.165, 1.54) is 37.8 Å². The molecule has 0 aromatic carbocycles. The lowest BCUT2D eigenvalue weighted by atomic mass is 9.75. The van der Waals surface area contributed by atoms with E-state index in [9.17, 15) is 0 Å². The molecule has 1 aliphatic rings. The monoisotopic (exact) mass is 263 g/mol. The van der Waals surface area contributed by atoms with Crippen molar-refractivity contribution in [3.63, 3.8) is 0 Å². The van der Waals surface area contributed by atoms with E-state index in [0.717, 1.165) is 24.8 Å². The second-order valence-electron chi connectivity index (χ2n) is 6.92. The van der Waals surface area contributed by atoms with Crippen molar-refractivity contribution in [3.05, 3.63) is 17.5 Å². The first-order valence-corrected chi connectivity index (χ1v) is 7.71. The molecule has 1 heterocycles. The largest absolute Gasteiger partial charge is 0.314 e. The Kier molecular flexibility index (Phi) is 4.67. The topological polar surface area (TPSA) is 29.9 Å². The predicted octanol–water partition coefficient (Wildman–Crippen LogP) is 3.45. The first kappa shape index (κ1) is 14.6. The zero-order valence-electron chi connectivity index (χ0n) is 13.0. The van der Waals surface area contributed by atoms with Crippen LogP contribution in [0.3, 0.4) is 0 Å². The van der Waals surface area contributed by atoms with Crippen LogP contribution in [0.4, 0.5) is 0 Å². The van der Waals surface area contributed by atoms with Gasteiger partial charge in [0, 0.05) is 18.3 Å². The molecule has 3 nitrogen and oxygen atoms in total. The van der Waals surface area contributed by atoms with Crippen LogP contribution in [0.2, 0.25) is 0 Å². The van der Waals surface area contributed by atoms with Gasteiger partial charge in [0.05, 0.1) is 5.69 Å². The molecule has 1 aliphatic carbocycles. The number of hydrogen-bond acceptors (Lipinski definition) is 2. The van der Waals surface area contributed by atoms with E-state index in [2.05, 4.69) is 48.9 Å². The predicted molar refractivity (Wildman–Crippen MR) is 80.4 cm³/mol. The first-order valence-electron chi connectivity index (χ1n) is 7.71. The fraction of sp³-hybridized carbons (Fsp3) is 0.812. The van der Waals surface area contributed by atoms with Gasteiger partial charge in [0.1, 0.15) is 0 Å². The van der Waals surface area contributed by atoms with Gasteiger partial charge >= 0.3 is 0 Å². The minimum absolute atomic E-state index is 0.533. The minimum Gasteiger partial charge on any atom is -0.314 e. The number of nitrogens with zero attached hydrogens (tertiary/aromatic N) is 2. The van der Waals surface area contributed by atoms with E-state index >= 15 is 0 Å². The van der Waals surface area contributed by atoms with Crippen molar-refractivity contribution in [2.45, 2.75) is 72.4 Å². The Balaban J connectivity index is 1.68. The molecule has 1 aromatic heterocycles. The van der Waals surface area contributed by atoms with E-state index < -0.39 is 0 Å². The summed E-state index contributed by atoms with van der Waals surface area (Å²) >= 11 is 0. The van der Waals surface area contributed by atoms with Crippen LogP contribution in [0.25, 0.3) is 0 Å². The Morgan fingerprint density at radius 2 is 2.21 bits per heavy atom. The smallest absolute Gasteiger partial charge is 0.0596 e. The molecule has 1 aromatic rings. The summed E-state index contributed by atoms with van der Waals surface area (Å²) in [5.41, 5.74) is 2.93. The van der Waals surface area contributed by atoms with Gasteiger partial charge < -0.3 is 5.32 Å². The molecule has 1 fully saturated rings. The third-order valence-corrected chi connectivity index (χ3v) is 4.29. The molecule has 1 atom stereocenters. The molecule has 3 heteroatoms. The summed E-state index contributed by atoms with van der Waals surface area (Å²) in [6.07, 6.45) is 6.61. The van der Waals surface area contributed by atoms with E-state index in [4.69, 9.17) is 0 Å². The normalized spacial score (nSPS) is 22.6. The fourth-order valence-electron chi connectivity index (χ4n) is 3.31. The summed E-state index contributed by atoms with van der Waals surface area (Å²) in [7, 11) is 0. The van der Waals surface area contributed by atoms with Gasteiger partial charge in [0.2, 0.25) is 0 Å². The highest BCUT2D eigenvalue weighted by atomic mass is 15.3. The van der Waals surface area contributed by atoms with Crippen LogP contribution in [-0.4, -0.2) is 22.4 Å². The number of aryl methyl sites for hydroxylation is 3. The molecular weight excluding hydrogens is 234 g/mol. The van der Waals surface area contributed by atoms with E-state index in [0.29, 0.717) is 5.41 Å². The van der Waals surface area contributed by atoms with Gasteiger partial charge in [-0.05, 0) is 57.6 Å². The molecule has 0 amide bonds. The molecular formula is C16H29N3. The zero-order valence-corrected chi connectivity index (χ0v) is 13.0. The van der Waals surface area contributed by atoms with E-state index in [-0.39, 0.29) is 0 Å². The molecule has 0 radical (unpaired) electrons. The van der Waals surface area contributed by atoms with Gasteiger partial charge in [0.25, 0.3) is 0 Å². The maximum absolute atomic E-state index is 4.51. The Morgan fingerprint density at radius 1 is 1.42 bits per heavy atom. The molecule has 0 spiro atoms. The van der Waals surface area contributed by atoms with E-state index in [1.54, 1.807) is 0 Å². The Bertz CT molecular complexity index is 406. The average Bonchev–Trinajstić information content (AvgIpc) is 2.62. The van der Waals surface area contributed by atoms with Crippen molar-refractivity contribution >= 4 is 0 Å². The molecule has 1 unspecified atom stereocenters. The van der Waals surface area contributed by atoms with Gasteiger partial charge in [0.15, 0.2) is 0 Å². The van der Waals surface area contributed by atoms with Crippen molar-refractivity contribution < 1.29 is 0 Å². The van der Waals surface area contributed by atoms with Crippen LogP contribution in [0.15, 0.2) is 6.07 Å². The van der Waals surface area contributed by atoms with Gasteiger partial charge in [-0.25, -0.2) is 0 Å². The number of nitrogens with one attached hydrogen (secondary N) is 1. The van der Waals surface area contributed by atoms with Gasteiger partial charge in [-0.2, -0.15) is 5.10 Å². The van der Waals surface area contributed by atoms with E-state index in [1.807, 2.05) is 0 Å². The lowest BCUT2D eigenvalue weighted by Crippen LogP contribution is -2.37. The Labute approximate surface area is 117 Å². The molecule has 0 saturated heterocycles. The SMILES string of the molecule is Cc1cc(C)n(CCCNC2CCCC(C)(C)C2)n1. The summed E-state index contributed by atoms with van der Waals surface area (Å²) in [6.45, 7) is 11.1. The summed E-state index contributed by atoms with van der Waals surface area (Å²) < 4.78 is 2.13. The molecule has 108 valence electrons. The number of rotatable bonds is 5. The third-order valence-electron chi connectivity index (χ3n) is 4.29. The summed E-state index contributed by atoms with van der Waals surface area (Å²) in [5, 5.41) is 8.24. The van der Waals surface area contributed by atoms with Gasteiger partial charge in [-0.1, -0.05) is 20.3 Å². The second kappa shape index (κ2) is 6.08. The van der Waals surface area contributed by atoms with Crippen LogP contribution in [-0.2, 0) is 6.54 Å².